The number of aliphatic imine (C=N–C) groups is 1. The van der Waals surface area contributed by atoms with E-state index in [4.69, 9.17) is 17.2 Å². The van der Waals surface area contributed by atoms with Crippen molar-refractivity contribution in [3.8, 4) is 0 Å². The van der Waals surface area contributed by atoms with Crippen LogP contribution in [-0.2, 0) is 62.4 Å². The van der Waals surface area contributed by atoms with Gasteiger partial charge in [-0.15, -0.1) is 0 Å². The van der Waals surface area contributed by atoms with Gasteiger partial charge in [0.25, 0.3) is 5.91 Å². The molecule has 0 saturated carbocycles. The number of hydrogen-bond donors (Lipinski definition) is 15. The molecule has 2 aromatic carbocycles. The number of nitrogens with one attached hydrogen (secondary N) is 10. The Balaban J connectivity index is 1.37. The molecule has 1 fully saturated rings. The van der Waals surface area contributed by atoms with Crippen molar-refractivity contribution in [1.29, 1.82) is 0 Å². The molecule has 3 heterocycles. The number of guanidine groups is 1. The number of imide groups is 1. The van der Waals surface area contributed by atoms with Crippen LogP contribution >= 0.6 is 25.3 Å². The van der Waals surface area contributed by atoms with Gasteiger partial charge in [-0.1, -0.05) is 68.3 Å². The van der Waals surface area contributed by atoms with Crippen molar-refractivity contribution in [3.63, 3.8) is 0 Å². The van der Waals surface area contributed by atoms with E-state index in [0.29, 0.717) is 29.7 Å². The van der Waals surface area contributed by atoms with Crippen LogP contribution in [0.1, 0.15) is 76.6 Å². The smallest absolute Gasteiger partial charge is 0.325 e. The monoisotopic (exact) mass is 1140 g/mol. The normalized spacial score (nSPS) is 15.8. The first kappa shape index (κ1) is 62.7. The molecule has 1 aliphatic rings. The molecule has 432 valence electrons. The number of primary amides is 1. The number of thiol groups is 2. The van der Waals surface area contributed by atoms with E-state index in [1.807, 2.05) is 25.1 Å². The number of imidazole rings is 1. The van der Waals surface area contributed by atoms with E-state index in [2.05, 4.69) is 87.7 Å². The number of unbranched alkanes of at least 4 members (excludes halogenated alkanes) is 1. The van der Waals surface area contributed by atoms with E-state index in [9.17, 15) is 47.9 Å². The highest BCUT2D eigenvalue weighted by atomic mass is 32.1. The molecule has 4 aromatic rings. The van der Waals surface area contributed by atoms with Gasteiger partial charge >= 0.3 is 6.03 Å². The van der Waals surface area contributed by atoms with Crippen molar-refractivity contribution in [3.05, 3.63) is 90.1 Å². The standard InChI is InChI=1S/C52H72N16O10S2/c1-5-6-18-40(68-49(77)52(3,4)67-51(68)78)48(76)66-39(26-80)47(75)60-28(2)42(70)62-37(22-31-24-56-27-59-31)46(74)63-35(20-29-13-8-7-9-14-29)44(72)61-34(17-12-19-57-50(54)55)43(71)64-36(45(73)65-38(25-79)41(53)69)21-30-23-58-33-16-11-10-15-32(30)33/h7-11,13-16,23-24,27-28,34-40,58,79-80H,5-6,12,17-22,25-26H2,1-4H3,(H2,53,69)(H,56,59)(H,60,75)(H,61,72)(H,62,70)(H,63,74)(H,64,71)(H,65,73)(H,66,76)(H,67,78)(H4,54,55,57)/t28-,34+,35-,36+,37+,38+,39+,40+/m1/s1. The number of fused-ring (bicyclic) bond motifs is 1. The predicted molar refractivity (Wildman–Crippen MR) is 303 cm³/mol. The molecule has 0 aliphatic carbocycles. The highest BCUT2D eigenvalue weighted by Crippen LogP contribution is 2.23. The van der Waals surface area contributed by atoms with Gasteiger partial charge in [-0.25, -0.2) is 14.7 Å². The first-order valence-electron chi connectivity index (χ1n) is 26.0. The highest BCUT2D eigenvalue weighted by molar-refractivity contribution is 7.80. The minimum absolute atomic E-state index is 0.0462. The number of carbonyl (C=O) groups excluding carboxylic acids is 10. The van der Waals surface area contributed by atoms with Gasteiger partial charge in [-0.3, -0.25) is 48.1 Å². The Labute approximate surface area is 473 Å². The molecule has 0 spiro atoms. The first-order chi connectivity index (χ1) is 38.1. The Morgan fingerprint density at radius 3 is 1.81 bits per heavy atom. The molecule has 11 amide bonds. The lowest BCUT2D eigenvalue weighted by Crippen LogP contribution is -2.61. The third-order valence-electron chi connectivity index (χ3n) is 13.1. The maximum atomic E-state index is 14.7. The van der Waals surface area contributed by atoms with Crippen LogP contribution in [0.25, 0.3) is 10.9 Å². The zero-order chi connectivity index (χ0) is 58.7. The number of urea groups is 1. The highest BCUT2D eigenvalue weighted by Gasteiger charge is 2.49. The first-order valence-corrected chi connectivity index (χ1v) is 27.2. The summed E-state index contributed by atoms with van der Waals surface area (Å²) in [6.07, 6.45) is 5.39. The summed E-state index contributed by atoms with van der Waals surface area (Å²) in [4.78, 5) is 152. The van der Waals surface area contributed by atoms with E-state index in [1.165, 1.54) is 33.3 Å². The molecule has 2 aromatic heterocycles. The Morgan fingerprint density at radius 2 is 1.23 bits per heavy atom. The second-order valence-corrected chi connectivity index (χ2v) is 20.5. The lowest BCUT2D eigenvalue weighted by Gasteiger charge is -2.28. The summed E-state index contributed by atoms with van der Waals surface area (Å²) < 4.78 is 0. The van der Waals surface area contributed by atoms with Crippen LogP contribution in [-0.4, -0.2) is 157 Å². The summed E-state index contributed by atoms with van der Waals surface area (Å²) in [7, 11) is 0. The molecule has 1 saturated heterocycles. The van der Waals surface area contributed by atoms with Crippen molar-refractivity contribution in [2.75, 3.05) is 18.1 Å². The zero-order valence-corrected chi connectivity index (χ0v) is 46.7. The Bertz CT molecular complexity index is 2860. The third kappa shape index (κ3) is 17.7. The van der Waals surface area contributed by atoms with Gasteiger partial charge in [-0.05, 0) is 57.2 Å². The Kier molecular flexibility index (Phi) is 23.3. The molecular weight excluding hydrogens is 1070 g/mol. The fourth-order valence-electron chi connectivity index (χ4n) is 8.65. The molecule has 80 heavy (non-hydrogen) atoms. The molecule has 5 rings (SSSR count). The number of H-pyrrole nitrogens is 2. The number of para-hydroxylation sites is 1. The van der Waals surface area contributed by atoms with E-state index < -0.39 is 113 Å². The van der Waals surface area contributed by atoms with Gasteiger partial charge in [0, 0.05) is 66.3 Å². The maximum Gasteiger partial charge on any atom is 0.325 e. The average Bonchev–Trinajstić information content (AvgIpc) is 4.14. The zero-order valence-electron chi connectivity index (χ0n) is 44.9. The summed E-state index contributed by atoms with van der Waals surface area (Å²) in [5.74, 6) is -7.83. The summed E-state index contributed by atoms with van der Waals surface area (Å²) >= 11 is 8.41. The topological polar surface area (TPSA) is 405 Å². The molecule has 26 nitrogen and oxygen atoms in total. The van der Waals surface area contributed by atoms with Gasteiger partial charge < -0.3 is 69.7 Å². The molecule has 28 heteroatoms. The average molecular weight is 1150 g/mol. The van der Waals surface area contributed by atoms with Gasteiger partial charge in [0.05, 0.1) is 6.33 Å². The third-order valence-corrected chi connectivity index (χ3v) is 13.8. The lowest BCUT2D eigenvalue weighted by atomic mass is 10.0. The fourth-order valence-corrected chi connectivity index (χ4v) is 9.18. The fraction of sp³-hybridized carbons (Fsp3) is 0.462. The summed E-state index contributed by atoms with van der Waals surface area (Å²) in [6.45, 7) is 6.27. The minimum atomic E-state index is -1.43. The summed E-state index contributed by atoms with van der Waals surface area (Å²) in [5, 5.41) is 21.8. The number of amides is 11. The number of benzene rings is 2. The van der Waals surface area contributed by atoms with Crippen LogP contribution in [0.3, 0.4) is 0 Å². The number of nitrogens with zero attached hydrogens (tertiary/aromatic N) is 3. The summed E-state index contributed by atoms with van der Waals surface area (Å²) in [6, 6.07) is 4.50. The van der Waals surface area contributed by atoms with Crippen molar-refractivity contribution in [1.82, 2.24) is 62.4 Å². The quantitative estimate of drug-likeness (QED) is 0.00910. The number of rotatable bonds is 31. The van der Waals surface area contributed by atoms with Crippen molar-refractivity contribution < 1.29 is 47.9 Å². The van der Waals surface area contributed by atoms with Crippen molar-refractivity contribution in [2.24, 2.45) is 22.2 Å². The van der Waals surface area contributed by atoms with Gasteiger partial charge in [0.1, 0.15) is 53.9 Å². The van der Waals surface area contributed by atoms with Crippen LogP contribution in [0, 0.1) is 0 Å². The molecule has 8 atom stereocenters. The van der Waals surface area contributed by atoms with E-state index >= 15 is 0 Å². The van der Waals surface area contributed by atoms with E-state index in [-0.39, 0.29) is 62.5 Å². The molecule has 0 radical (unpaired) electrons. The van der Waals surface area contributed by atoms with Crippen LogP contribution in [0.4, 0.5) is 4.79 Å². The molecule has 1 aliphatic heterocycles. The van der Waals surface area contributed by atoms with Crippen LogP contribution < -0.4 is 59.7 Å². The number of hydrogen-bond acceptors (Lipinski definition) is 14. The number of aromatic nitrogens is 3. The number of nitrogens with two attached hydrogens (primary N) is 3. The number of carbonyl (C=O) groups is 10. The second-order valence-electron chi connectivity index (χ2n) is 19.7. The Hall–Kier alpha value is -8.14. The predicted octanol–water partition coefficient (Wildman–Crippen LogP) is -1.38. The SMILES string of the molecule is CCCC[C@@H](C(=O)N[C@@H](CS)C(=O)N[C@H](C)C(=O)N[C@@H](Cc1cnc[nH]1)C(=O)N[C@H](Cc1ccccc1)C(=O)N[C@@H](CCCN=C(N)N)C(=O)N[C@@H](Cc1c[nH]c2ccccc12)C(=O)N[C@@H](CS)C(N)=O)N1C(=O)NC(C)(C)C1=O. The van der Waals surface area contributed by atoms with E-state index in [0.717, 1.165) is 15.8 Å². The van der Waals surface area contributed by atoms with Gasteiger partial charge in [0.2, 0.25) is 47.3 Å². The second kappa shape index (κ2) is 29.7. The van der Waals surface area contributed by atoms with Gasteiger partial charge in [0.15, 0.2) is 5.96 Å². The van der Waals surface area contributed by atoms with Gasteiger partial charge in [-0.2, -0.15) is 25.3 Å². The van der Waals surface area contributed by atoms with Crippen LogP contribution in [0.2, 0.25) is 0 Å². The van der Waals surface area contributed by atoms with Crippen LogP contribution in [0.15, 0.2) is 78.3 Å². The van der Waals surface area contributed by atoms with Crippen LogP contribution in [0.5, 0.6) is 0 Å². The molecule has 16 N–H and O–H groups in total. The number of aromatic amines is 2. The van der Waals surface area contributed by atoms with Crippen molar-refractivity contribution in [2.45, 2.75) is 133 Å². The van der Waals surface area contributed by atoms with E-state index in [1.54, 1.807) is 42.6 Å². The molecular formula is C52H72N16O10S2. The van der Waals surface area contributed by atoms with Crippen molar-refractivity contribution >= 4 is 101 Å². The molecule has 0 bridgehead atoms. The largest absolute Gasteiger partial charge is 0.370 e. The lowest BCUT2D eigenvalue weighted by molar-refractivity contribution is -0.139. The Morgan fingerprint density at radius 1 is 0.662 bits per heavy atom. The maximum absolute atomic E-state index is 14.7. The minimum Gasteiger partial charge on any atom is -0.370 e. The molecule has 0 unspecified atom stereocenters. The summed E-state index contributed by atoms with van der Waals surface area (Å²) in [5.41, 5.74) is 17.8.